The minimum absolute atomic E-state index is 0.258. The standard InChI is InChI=1S/C14H12FN3/c1-9-2-4-12(7-13(9)17)18-14-5-3-11(15)6-10(14)8-16/h2-7,18H,17H2,1H3. The van der Waals surface area contributed by atoms with Crippen molar-refractivity contribution >= 4 is 17.1 Å². The van der Waals surface area contributed by atoms with E-state index in [4.69, 9.17) is 11.0 Å². The van der Waals surface area contributed by atoms with E-state index in [-0.39, 0.29) is 5.56 Å². The average Bonchev–Trinajstić information content (AvgIpc) is 2.36. The quantitative estimate of drug-likeness (QED) is 0.793. The zero-order valence-corrected chi connectivity index (χ0v) is 9.87. The molecule has 2 rings (SSSR count). The largest absolute Gasteiger partial charge is 0.398 e. The van der Waals surface area contributed by atoms with E-state index in [1.54, 1.807) is 6.07 Å². The van der Waals surface area contributed by atoms with Crippen LogP contribution in [0.2, 0.25) is 0 Å². The third-order valence-electron chi connectivity index (χ3n) is 2.66. The Morgan fingerprint density at radius 1 is 1.22 bits per heavy atom. The van der Waals surface area contributed by atoms with Crippen molar-refractivity contribution in [3.63, 3.8) is 0 Å². The van der Waals surface area contributed by atoms with Gasteiger partial charge in [-0.1, -0.05) is 6.07 Å². The monoisotopic (exact) mass is 241 g/mol. The first-order valence-electron chi connectivity index (χ1n) is 5.43. The summed E-state index contributed by atoms with van der Waals surface area (Å²) < 4.78 is 13.0. The number of anilines is 3. The van der Waals surface area contributed by atoms with Crippen molar-refractivity contribution in [3.8, 4) is 6.07 Å². The normalized spacial score (nSPS) is 9.83. The lowest BCUT2D eigenvalue weighted by atomic mass is 10.1. The number of aryl methyl sites for hydroxylation is 1. The zero-order chi connectivity index (χ0) is 13.1. The van der Waals surface area contributed by atoms with Crippen LogP contribution in [0.3, 0.4) is 0 Å². The van der Waals surface area contributed by atoms with Crippen LogP contribution in [0.5, 0.6) is 0 Å². The smallest absolute Gasteiger partial charge is 0.124 e. The predicted octanol–water partition coefficient (Wildman–Crippen LogP) is 3.33. The van der Waals surface area contributed by atoms with Gasteiger partial charge in [0, 0.05) is 11.4 Å². The molecule has 3 N–H and O–H groups in total. The average molecular weight is 241 g/mol. The Hall–Kier alpha value is -2.54. The van der Waals surface area contributed by atoms with E-state index in [1.807, 2.05) is 25.1 Å². The van der Waals surface area contributed by atoms with E-state index < -0.39 is 5.82 Å². The number of nitrogens with two attached hydrogens (primary N) is 1. The summed E-state index contributed by atoms with van der Waals surface area (Å²) in [6.45, 7) is 1.91. The number of hydrogen-bond acceptors (Lipinski definition) is 3. The fourth-order valence-corrected chi connectivity index (χ4v) is 1.59. The van der Waals surface area contributed by atoms with E-state index >= 15 is 0 Å². The minimum Gasteiger partial charge on any atom is -0.398 e. The Balaban J connectivity index is 2.34. The summed E-state index contributed by atoms with van der Waals surface area (Å²) in [5.41, 5.74) is 9.04. The molecule has 90 valence electrons. The summed E-state index contributed by atoms with van der Waals surface area (Å²) in [6, 6.07) is 11.5. The second-order valence-corrected chi connectivity index (χ2v) is 4.00. The van der Waals surface area contributed by atoms with Crippen LogP contribution in [0.1, 0.15) is 11.1 Å². The van der Waals surface area contributed by atoms with E-state index in [0.29, 0.717) is 11.4 Å². The number of nitrogen functional groups attached to an aromatic ring is 1. The highest BCUT2D eigenvalue weighted by Gasteiger charge is 2.04. The Morgan fingerprint density at radius 2 is 2.00 bits per heavy atom. The Bertz CT molecular complexity index is 629. The van der Waals surface area contributed by atoms with Gasteiger partial charge in [-0.3, -0.25) is 0 Å². The lowest BCUT2D eigenvalue weighted by Gasteiger charge is -2.10. The second kappa shape index (κ2) is 4.76. The van der Waals surface area contributed by atoms with Crippen LogP contribution in [-0.4, -0.2) is 0 Å². The van der Waals surface area contributed by atoms with Crippen LogP contribution < -0.4 is 11.1 Å². The molecule has 0 fully saturated rings. The first-order valence-corrected chi connectivity index (χ1v) is 5.43. The predicted molar refractivity (Wildman–Crippen MR) is 70.0 cm³/mol. The van der Waals surface area contributed by atoms with E-state index in [1.165, 1.54) is 18.2 Å². The molecule has 0 heterocycles. The fourth-order valence-electron chi connectivity index (χ4n) is 1.59. The van der Waals surface area contributed by atoms with Crippen molar-refractivity contribution in [2.75, 3.05) is 11.1 Å². The molecular formula is C14H12FN3. The van der Waals surface area contributed by atoms with Crippen molar-refractivity contribution in [2.24, 2.45) is 0 Å². The summed E-state index contributed by atoms with van der Waals surface area (Å²) in [5.74, 6) is -0.430. The molecule has 0 unspecified atom stereocenters. The number of rotatable bonds is 2. The Morgan fingerprint density at radius 3 is 2.67 bits per heavy atom. The summed E-state index contributed by atoms with van der Waals surface area (Å²) >= 11 is 0. The Kier molecular flexibility index (Phi) is 3.16. The molecule has 0 amide bonds. The molecule has 0 spiro atoms. The molecule has 18 heavy (non-hydrogen) atoms. The highest BCUT2D eigenvalue weighted by Crippen LogP contribution is 2.24. The van der Waals surface area contributed by atoms with Gasteiger partial charge in [-0.15, -0.1) is 0 Å². The maximum absolute atomic E-state index is 13.0. The van der Waals surface area contributed by atoms with Crippen molar-refractivity contribution in [1.29, 1.82) is 5.26 Å². The number of benzene rings is 2. The van der Waals surface area contributed by atoms with Crippen molar-refractivity contribution in [2.45, 2.75) is 6.92 Å². The first-order chi connectivity index (χ1) is 8.60. The first kappa shape index (κ1) is 11.9. The fraction of sp³-hybridized carbons (Fsp3) is 0.0714. The molecule has 0 saturated carbocycles. The number of hydrogen-bond donors (Lipinski definition) is 2. The van der Waals surface area contributed by atoms with Gasteiger partial charge in [0.25, 0.3) is 0 Å². The molecule has 3 nitrogen and oxygen atoms in total. The number of halogens is 1. The number of nitrogens with one attached hydrogen (secondary N) is 1. The molecule has 2 aromatic carbocycles. The highest BCUT2D eigenvalue weighted by molar-refractivity contribution is 5.69. The Labute approximate surface area is 105 Å². The van der Waals surface area contributed by atoms with Crippen molar-refractivity contribution in [3.05, 3.63) is 53.3 Å². The SMILES string of the molecule is Cc1ccc(Nc2ccc(F)cc2C#N)cc1N. The highest BCUT2D eigenvalue weighted by atomic mass is 19.1. The van der Waals surface area contributed by atoms with Crippen LogP contribution >= 0.6 is 0 Å². The maximum atomic E-state index is 13.0. The van der Waals surface area contributed by atoms with Gasteiger partial charge in [-0.25, -0.2) is 4.39 Å². The van der Waals surface area contributed by atoms with Crippen LogP contribution in [0.25, 0.3) is 0 Å². The van der Waals surface area contributed by atoms with Gasteiger partial charge in [0.1, 0.15) is 11.9 Å². The summed E-state index contributed by atoms with van der Waals surface area (Å²) in [6.07, 6.45) is 0. The third kappa shape index (κ3) is 2.41. The van der Waals surface area contributed by atoms with Crippen LogP contribution in [0.4, 0.5) is 21.5 Å². The summed E-state index contributed by atoms with van der Waals surface area (Å²) in [4.78, 5) is 0. The molecule has 4 heteroatoms. The van der Waals surface area contributed by atoms with Crippen molar-refractivity contribution < 1.29 is 4.39 Å². The lowest BCUT2D eigenvalue weighted by molar-refractivity contribution is 0.627. The summed E-state index contributed by atoms with van der Waals surface area (Å²) in [5, 5.41) is 12.0. The second-order valence-electron chi connectivity index (χ2n) is 4.00. The molecular weight excluding hydrogens is 229 g/mol. The van der Waals surface area contributed by atoms with E-state index in [2.05, 4.69) is 5.32 Å². The topological polar surface area (TPSA) is 61.8 Å². The summed E-state index contributed by atoms with van der Waals surface area (Å²) in [7, 11) is 0. The van der Waals surface area contributed by atoms with Gasteiger partial charge in [-0.2, -0.15) is 5.26 Å². The number of nitriles is 1. The van der Waals surface area contributed by atoms with Crippen LogP contribution in [0.15, 0.2) is 36.4 Å². The molecule has 0 aliphatic heterocycles. The van der Waals surface area contributed by atoms with Crippen LogP contribution in [-0.2, 0) is 0 Å². The molecule has 0 aromatic heterocycles. The van der Waals surface area contributed by atoms with Crippen LogP contribution in [0, 0.1) is 24.1 Å². The molecule has 0 atom stereocenters. The minimum atomic E-state index is -0.430. The molecule has 0 saturated heterocycles. The van der Waals surface area contributed by atoms with Gasteiger partial charge in [0.2, 0.25) is 0 Å². The van der Waals surface area contributed by atoms with Gasteiger partial charge < -0.3 is 11.1 Å². The third-order valence-corrected chi connectivity index (χ3v) is 2.66. The molecule has 0 bridgehead atoms. The van der Waals surface area contributed by atoms with E-state index in [9.17, 15) is 4.39 Å². The van der Waals surface area contributed by atoms with E-state index in [0.717, 1.165) is 11.3 Å². The van der Waals surface area contributed by atoms with Gasteiger partial charge in [0.05, 0.1) is 11.3 Å². The lowest BCUT2D eigenvalue weighted by Crippen LogP contribution is -1.96. The number of nitrogens with zero attached hydrogens (tertiary/aromatic N) is 1. The zero-order valence-electron chi connectivity index (χ0n) is 9.87. The van der Waals surface area contributed by atoms with Crippen molar-refractivity contribution in [1.82, 2.24) is 0 Å². The molecule has 2 aromatic rings. The van der Waals surface area contributed by atoms with Gasteiger partial charge >= 0.3 is 0 Å². The molecule has 0 radical (unpaired) electrons. The molecule has 0 aliphatic carbocycles. The maximum Gasteiger partial charge on any atom is 0.124 e. The van der Waals surface area contributed by atoms with Gasteiger partial charge in [0.15, 0.2) is 0 Å². The van der Waals surface area contributed by atoms with Gasteiger partial charge in [-0.05, 0) is 42.8 Å². The molecule has 0 aliphatic rings.